The molecule has 0 bridgehead atoms. The summed E-state index contributed by atoms with van der Waals surface area (Å²) in [6, 6.07) is 18.5. The highest BCUT2D eigenvalue weighted by Gasteiger charge is 2.29. The minimum Gasteiger partial charge on any atom is -0.387 e. The van der Waals surface area contributed by atoms with Crippen LogP contribution in [0.3, 0.4) is 0 Å². The van der Waals surface area contributed by atoms with Crippen molar-refractivity contribution >= 4 is 17.3 Å². The van der Waals surface area contributed by atoms with E-state index in [9.17, 15) is 4.79 Å². The first-order chi connectivity index (χ1) is 13.7. The fourth-order valence-electron chi connectivity index (χ4n) is 3.88. The van der Waals surface area contributed by atoms with Gasteiger partial charge in [0, 0.05) is 38.8 Å². The molecule has 5 nitrogen and oxygen atoms in total. The Hall–Kier alpha value is -2.82. The van der Waals surface area contributed by atoms with Crippen LogP contribution in [0.15, 0.2) is 59.8 Å². The lowest BCUT2D eigenvalue weighted by Crippen LogP contribution is -2.32. The molecule has 0 N–H and O–H groups in total. The molecule has 2 aliphatic heterocycles. The van der Waals surface area contributed by atoms with Crippen molar-refractivity contribution in [2.75, 3.05) is 25.0 Å². The number of carbonyl (C=O) groups excluding carboxylic acids is 1. The number of benzene rings is 2. The molecule has 1 fully saturated rings. The largest absolute Gasteiger partial charge is 0.387 e. The normalized spacial score (nSPS) is 19.1. The maximum absolute atomic E-state index is 12.7. The van der Waals surface area contributed by atoms with Gasteiger partial charge in [-0.05, 0) is 42.5 Å². The Morgan fingerprint density at radius 3 is 2.50 bits per heavy atom. The molecule has 0 radical (unpaired) electrons. The second-order valence-electron chi connectivity index (χ2n) is 7.62. The van der Waals surface area contributed by atoms with Gasteiger partial charge in [-0.3, -0.25) is 4.79 Å². The number of oxime groups is 1. The summed E-state index contributed by atoms with van der Waals surface area (Å²) in [7, 11) is 1.82. The number of hydrogen-bond acceptors (Lipinski definition) is 4. The average Bonchev–Trinajstić information content (AvgIpc) is 3.25. The first-order valence-corrected chi connectivity index (χ1v) is 10.1. The number of nitrogens with zero attached hydrogens (tertiary/aromatic N) is 3. The van der Waals surface area contributed by atoms with Gasteiger partial charge >= 0.3 is 0 Å². The Bertz CT molecular complexity index is 827. The lowest BCUT2D eigenvalue weighted by atomic mass is 10.0. The van der Waals surface area contributed by atoms with Crippen LogP contribution in [0.4, 0.5) is 5.69 Å². The zero-order valence-electron chi connectivity index (χ0n) is 16.4. The Kier molecular flexibility index (Phi) is 5.60. The Labute approximate surface area is 166 Å². The van der Waals surface area contributed by atoms with Gasteiger partial charge in [-0.1, -0.05) is 47.6 Å². The van der Waals surface area contributed by atoms with Crippen LogP contribution in [0.25, 0.3) is 0 Å². The molecule has 2 heterocycles. The van der Waals surface area contributed by atoms with E-state index in [0.29, 0.717) is 18.7 Å². The lowest BCUT2D eigenvalue weighted by molar-refractivity contribution is -0.123. The Morgan fingerprint density at radius 1 is 1.07 bits per heavy atom. The minimum absolute atomic E-state index is 0.0708. The van der Waals surface area contributed by atoms with Gasteiger partial charge in [0.05, 0.1) is 0 Å². The van der Waals surface area contributed by atoms with Crippen LogP contribution < -0.4 is 4.90 Å². The second-order valence-corrected chi connectivity index (χ2v) is 7.62. The van der Waals surface area contributed by atoms with E-state index in [4.69, 9.17) is 4.84 Å². The molecule has 2 aliphatic rings. The van der Waals surface area contributed by atoms with E-state index in [2.05, 4.69) is 34.3 Å². The predicted octanol–water partition coefficient (Wildman–Crippen LogP) is 4.15. The summed E-state index contributed by atoms with van der Waals surface area (Å²) in [5, 5.41) is 4.05. The monoisotopic (exact) mass is 377 g/mol. The van der Waals surface area contributed by atoms with Gasteiger partial charge in [-0.2, -0.15) is 0 Å². The molecular formula is C23H27N3O2. The van der Waals surface area contributed by atoms with Gasteiger partial charge in [0.25, 0.3) is 5.91 Å². The van der Waals surface area contributed by atoms with E-state index >= 15 is 0 Å². The van der Waals surface area contributed by atoms with Crippen molar-refractivity contribution in [1.29, 1.82) is 0 Å². The van der Waals surface area contributed by atoms with Crippen molar-refractivity contribution < 1.29 is 9.63 Å². The maximum Gasteiger partial charge on any atom is 0.271 e. The molecule has 0 spiro atoms. The molecule has 1 amide bonds. The highest BCUT2D eigenvalue weighted by atomic mass is 16.6. The third-order valence-electron chi connectivity index (χ3n) is 5.51. The van der Waals surface area contributed by atoms with Crippen molar-refractivity contribution in [3.05, 3.63) is 65.7 Å². The molecule has 5 heteroatoms. The molecule has 1 unspecified atom stereocenters. The summed E-state index contributed by atoms with van der Waals surface area (Å²) in [5.74, 6) is -0.0708. The summed E-state index contributed by atoms with van der Waals surface area (Å²) in [6.45, 7) is 2.84. The molecule has 146 valence electrons. The number of hydrogen-bond donors (Lipinski definition) is 0. The van der Waals surface area contributed by atoms with Crippen LogP contribution in [0.5, 0.6) is 0 Å². The zero-order valence-corrected chi connectivity index (χ0v) is 16.4. The Morgan fingerprint density at radius 2 is 1.79 bits per heavy atom. The SMILES string of the molecule is CN(Cc1ccc(N2CCCCC2)cc1)C(=O)C1=NOC(c2ccccc2)C1. The highest BCUT2D eigenvalue weighted by Crippen LogP contribution is 2.27. The van der Waals surface area contributed by atoms with Gasteiger partial charge in [0.2, 0.25) is 0 Å². The van der Waals surface area contributed by atoms with Crippen molar-refractivity contribution in [2.24, 2.45) is 5.16 Å². The van der Waals surface area contributed by atoms with E-state index in [1.807, 2.05) is 37.4 Å². The van der Waals surface area contributed by atoms with Gasteiger partial charge in [0.15, 0.2) is 6.10 Å². The lowest BCUT2D eigenvalue weighted by Gasteiger charge is -2.29. The van der Waals surface area contributed by atoms with Crippen molar-refractivity contribution in [3.8, 4) is 0 Å². The van der Waals surface area contributed by atoms with Crippen molar-refractivity contribution in [1.82, 2.24) is 4.90 Å². The van der Waals surface area contributed by atoms with E-state index < -0.39 is 0 Å². The summed E-state index contributed by atoms with van der Waals surface area (Å²) < 4.78 is 0. The number of carbonyl (C=O) groups is 1. The fourth-order valence-corrected chi connectivity index (χ4v) is 3.88. The van der Waals surface area contributed by atoms with Gasteiger partial charge in [0.1, 0.15) is 5.71 Å². The van der Waals surface area contributed by atoms with Crippen LogP contribution in [-0.4, -0.2) is 36.7 Å². The number of anilines is 1. The fraction of sp³-hybridized carbons (Fsp3) is 0.391. The molecule has 1 atom stereocenters. The van der Waals surface area contributed by atoms with E-state index in [-0.39, 0.29) is 12.0 Å². The molecule has 0 saturated carbocycles. The minimum atomic E-state index is -0.169. The summed E-state index contributed by atoms with van der Waals surface area (Å²) in [6.07, 6.45) is 4.22. The van der Waals surface area contributed by atoms with Gasteiger partial charge in [-0.15, -0.1) is 0 Å². The van der Waals surface area contributed by atoms with E-state index in [1.54, 1.807) is 4.90 Å². The molecular weight excluding hydrogens is 350 g/mol. The molecule has 1 saturated heterocycles. The van der Waals surface area contributed by atoms with E-state index in [1.165, 1.54) is 24.9 Å². The third-order valence-corrected chi connectivity index (χ3v) is 5.51. The zero-order chi connectivity index (χ0) is 19.3. The molecule has 4 rings (SSSR count). The van der Waals surface area contributed by atoms with Gasteiger partial charge < -0.3 is 14.6 Å². The van der Waals surface area contributed by atoms with Gasteiger partial charge in [-0.25, -0.2) is 0 Å². The predicted molar refractivity (Wildman–Crippen MR) is 111 cm³/mol. The quantitative estimate of drug-likeness (QED) is 0.786. The molecule has 2 aromatic carbocycles. The highest BCUT2D eigenvalue weighted by molar-refractivity contribution is 6.38. The number of amides is 1. The Balaban J connectivity index is 1.33. The van der Waals surface area contributed by atoms with Crippen LogP contribution in [0.2, 0.25) is 0 Å². The van der Waals surface area contributed by atoms with E-state index in [0.717, 1.165) is 24.2 Å². The number of rotatable bonds is 5. The average molecular weight is 377 g/mol. The molecule has 0 aliphatic carbocycles. The van der Waals surface area contributed by atoms with Crippen molar-refractivity contribution in [3.63, 3.8) is 0 Å². The topological polar surface area (TPSA) is 45.1 Å². The van der Waals surface area contributed by atoms with Crippen molar-refractivity contribution in [2.45, 2.75) is 38.3 Å². The standard InChI is InChI=1S/C23H27N3O2/c1-25(17-18-10-12-20(13-11-18)26-14-6-3-7-15-26)23(27)21-16-22(28-24-21)19-8-4-2-5-9-19/h2,4-5,8-13,22H,3,6-7,14-17H2,1H3. The summed E-state index contributed by atoms with van der Waals surface area (Å²) in [4.78, 5) is 22.4. The summed E-state index contributed by atoms with van der Waals surface area (Å²) in [5.41, 5.74) is 3.93. The third kappa shape index (κ3) is 4.19. The van der Waals surface area contributed by atoms with Crippen LogP contribution in [0, 0.1) is 0 Å². The first kappa shape index (κ1) is 18.5. The molecule has 0 aromatic heterocycles. The molecule has 2 aromatic rings. The van der Waals surface area contributed by atoms with Crippen LogP contribution in [-0.2, 0) is 16.2 Å². The molecule has 28 heavy (non-hydrogen) atoms. The first-order valence-electron chi connectivity index (χ1n) is 10.1. The summed E-state index contributed by atoms with van der Waals surface area (Å²) >= 11 is 0. The second kappa shape index (κ2) is 8.46. The van der Waals surface area contributed by atoms with Crippen LogP contribution >= 0.6 is 0 Å². The maximum atomic E-state index is 12.7. The van der Waals surface area contributed by atoms with Crippen LogP contribution in [0.1, 0.15) is 42.9 Å². The number of piperidine rings is 1. The smallest absolute Gasteiger partial charge is 0.271 e.